The van der Waals surface area contributed by atoms with Crippen LogP contribution >= 0.6 is 0 Å². The second-order valence-corrected chi connectivity index (χ2v) is 3.64. The van der Waals surface area contributed by atoms with Crippen molar-refractivity contribution >= 4 is 23.5 Å². The van der Waals surface area contributed by atoms with Crippen LogP contribution in [0.5, 0.6) is 0 Å². The van der Waals surface area contributed by atoms with Crippen LogP contribution in [0, 0.1) is 0 Å². The standard InChI is InChI=1S/C12H9NO4/c1-7-6-10(14)13(11(7)15)9-4-2-8(3-5-9)12(16)17/h2-6H,1H3,(H,16,17)/p-1. The van der Waals surface area contributed by atoms with Crippen molar-refractivity contribution in [2.45, 2.75) is 6.92 Å². The van der Waals surface area contributed by atoms with Crippen LogP contribution in [0.15, 0.2) is 35.9 Å². The fourth-order valence-electron chi connectivity index (χ4n) is 1.58. The van der Waals surface area contributed by atoms with Gasteiger partial charge in [-0.25, -0.2) is 4.90 Å². The number of carboxylic acids is 1. The van der Waals surface area contributed by atoms with E-state index < -0.39 is 17.8 Å². The number of nitrogens with zero attached hydrogens (tertiary/aromatic N) is 1. The Kier molecular flexibility index (Phi) is 2.51. The summed E-state index contributed by atoms with van der Waals surface area (Å²) in [6, 6.07) is 5.37. The lowest BCUT2D eigenvalue weighted by molar-refractivity contribution is -0.255. The lowest BCUT2D eigenvalue weighted by Gasteiger charge is -2.14. The maximum Gasteiger partial charge on any atom is 0.261 e. The summed E-state index contributed by atoms with van der Waals surface area (Å²) in [6.45, 7) is 1.55. The highest BCUT2D eigenvalue weighted by molar-refractivity contribution is 6.30. The minimum Gasteiger partial charge on any atom is -0.545 e. The zero-order valence-electron chi connectivity index (χ0n) is 8.97. The number of aromatic carboxylic acids is 1. The highest BCUT2D eigenvalue weighted by Crippen LogP contribution is 2.22. The third-order valence-electron chi connectivity index (χ3n) is 2.46. The van der Waals surface area contributed by atoms with Gasteiger partial charge in [-0.1, -0.05) is 12.1 Å². The number of hydrogen-bond acceptors (Lipinski definition) is 4. The first-order valence-corrected chi connectivity index (χ1v) is 4.89. The van der Waals surface area contributed by atoms with Crippen molar-refractivity contribution < 1.29 is 19.5 Å². The van der Waals surface area contributed by atoms with Gasteiger partial charge in [0.1, 0.15) is 0 Å². The smallest absolute Gasteiger partial charge is 0.261 e. The first-order chi connectivity index (χ1) is 8.00. The Hall–Kier alpha value is -2.43. The summed E-state index contributed by atoms with van der Waals surface area (Å²) in [5.41, 5.74) is 0.703. The van der Waals surface area contributed by atoms with E-state index in [2.05, 4.69) is 0 Å². The van der Waals surface area contributed by atoms with Gasteiger partial charge in [0.05, 0.1) is 11.7 Å². The number of carbonyl (C=O) groups is 3. The molecule has 0 spiro atoms. The van der Waals surface area contributed by atoms with Gasteiger partial charge in [0.2, 0.25) is 0 Å². The Morgan fingerprint density at radius 1 is 1.18 bits per heavy atom. The second-order valence-electron chi connectivity index (χ2n) is 3.64. The van der Waals surface area contributed by atoms with Crippen molar-refractivity contribution in [1.29, 1.82) is 0 Å². The molecule has 1 heterocycles. The number of imide groups is 1. The molecular weight excluding hydrogens is 222 g/mol. The van der Waals surface area contributed by atoms with Gasteiger partial charge in [0.25, 0.3) is 11.8 Å². The summed E-state index contributed by atoms with van der Waals surface area (Å²) < 4.78 is 0. The number of carboxylic acid groups (broad SMARTS) is 1. The Morgan fingerprint density at radius 3 is 2.18 bits per heavy atom. The lowest BCUT2D eigenvalue weighted by atomic mass is 10.2. The SMILES string of the molecule is CC1=CC(=O)N(c2ccc(C(=O)[O-])cc2)C1=O. The average Bonchev–Trinajstić information content (AvgIpc) is 2.53. The fourth-order valence-corrected chi connectivity index (χ4v) is 1.58. The minimum absolute atomic E-state index is 0.00229. The number of rotatable bonds is 2. The monoisotopic (exact) mass is 230 g/mol. The molecule has 0 unspecified atom stereocenters. The molecule has 5 heteroatoms. The van der Waals surface area contributed by atoms with Gasteiger partial charge in [-0.15, -0.1) is 0 Å². The Labute approximate surface area is 97.0 Å². The molecule has 0 aromatic heterocycles. The van der Waals surface area contributed by atoms with Crippen molar-refractivity contribution in [2.75, 3.05) is 4.90 Å². The molecule has 0 N–H and O–H groups in total. The number of benzene rings is 1. The van der Waals surface area contributed by atoms with Crippen LogP contribution in [0.25, 0.3) is 0 Å². The van der Waals surface area contributed by atoms with E-state index in [1.807, 2.05) is 0 Å². The van der Waals surface area contributed by atoms with Crippen LogP contribution in [0.4, 0.5) is 5.69 Å². The van der Waals surface area contributed by atoms with E-state index in [4.69, 9.17) is 0 Å². The van der Waals surface area contributed by atoms with Gasteiger partial charge < -0.3 is 9.90 Å². The van der Waals surface area contributed by atoms with Crippen LogP contribution in [0.2, 0.25) is 0 Å². The Bertz CT molecular complexity index is 542. The zero-order chi connectivity index (χ0) is 12.6. The van der Waals surface area contributed by atoms with Crippen molar-refractivity contribution in [3.63, 3.8) is 0 Å². The fraction of sp³-hybridized carbons (Fsp3) is 0.0833. The van der Waals surface area contributed by atoms with Crippen LogP contribution in [-0.4, -0.2) is 17.8 Å². The Morgan fingerprint density at radius 2 is 1.76 bits per heavy atom. The van der Waals surface area contributed by atoms with Gasteiger partial charge >= 0.3 is 0 Å². The molecule has 1 aliphatic rings. The van der Waals surface area contributed by atoms with Crippen LogP contribution in [0.3, 0.4) is 0 Å². The number of anilines is 1. The van der Waals surface area contributed by atoms with E-state index >= 15 is 0 Å². The van der Waals surface area contributed by atoms with E-state index in [1.165, 1.54) is 30.3 Å². The maximum absolute atomic E-state index is 11.6. The summed E-state index contributed by atoms with van der Waals surface area (Å²) >= 11 is 0. The van der Waals surface area contributed by atoms with E-state index in [9.17, 15) is 19.5 Å². The first kappa shape index (κ1) is 11.1. The van der Waals surface area contributed by atoms with Gasteiger partial charge in [0.15, 0.2) is 0 Å². The molecule has 1 aromatic carbocycles. The number of amides is 2. The van der Waals surface area contributed by atoms with Crippen LogP contribution < -0.4 is 10.0 Å². The van der Waals surface area contributed by atoms with Gasteiger partial charge in [-0.05, 0) is 24.6 Å². The summed E-state index contributed by atoms with van der Waals surface area (Å²) in [5.74, 6) is -2.12. The first-order valence-electron chi connectivity index (χ1n) is 4.89. The topological polar surface area (TPSA) is 77.5 Å². The third-order valence-corrected chi connectivity index (χ3v) is 2.46. The van der Waals surface area contributed by atoms with Crippen molar-refractivity contribution in [3.8, 4) is 0 Å². The molecule has 0 atom stereocenters. The zero-order valence-corrected chi connectivity index (χ0v) is 8.97. The molecule has 0 radical (unpaired) electrons. The molecular formula is C12H8NO4-. The minimum atomic E-state index is -1.30. The molecule has 0 saturated carbocycles. The predicted molar refractivity (Wildman–Crippen MR) is 57.0 cm³/mol. The maximum atomic E-state index is 11.6. The molecule has 86 valence electrons. The number of carbonyl (C=O) groups excluding carboxylic acids is 3. The molecule has 17 heavy (non-hydrogen) atoms. The summed E-state index contributed by atoms with van der Waals surface area (Å²) in [6.07, 6.45) is 1.25. The molecule has 0 saturated heterocycles. The molecule has 5 nitrogen and oxygen atoms in total. The Balaban J connectivity index is 2.34. The molecule has 1 aromatic rings. The quantitative estimate of drug-likeness (QED) is 0.663. The molecule has 1 aliphatic heterocycles. The molecule has 0 fully saturated rings. The number of hydrogen-bond donors (Lipinski definition) is 0. The molecule has 2 amide bonds. The van der Waals surface area contributed by atoms with Crippen LogP contribution in [0.1, 0.15) is 17.3 Å². The van der Waals surface area contributed by atoms with E-state index in [0.717, 1.165) is 4.90 Å². The second kappa shape index (κ2) is 3.86. The van der Waals surface area contributed by atoms with E-state index in [0.29, 0.717) is 11.3 Å². The van der Waals surface area contributed by atoms with Crippen LogP contribution in [-0.2, 0) is 9.59 Å². The lowest BCUT2D eigenvalue weighted by Crippen LogP contribution is -2.30. The average molecular weight is 230 g/mol. The molecule has 0 aliphatic carbocycles. The molecule has 0 bridgehead atoms. The highest BCUT2D eigenvalue weighted by atomic mass is 16.4. The van der Waals surface area contributed by atoms with Gasteiger partial charge in [-0.2, -0.15) is 0 Å². The third kappa shape index (κ3) is 1.82. The van der Waals surface area contributed by atoms with Crippen molar-refractivity contribution in [1.82, 2.24) is 0 Å². The van der Waals surface area contributed by atoms with Gasteiger partial charge in [0, 0.05) is 11.6 Å². The van der Waals surface area contributed by atoms with E-state index in [1.54, 1.807) is 6.92 Å². The predicted octanol–water partition coefficient (Wildman–Crippen LogP) is -0.130. The van der Waals surface area contributed by atoms with Gasteiger partial charge in [-0.3, -0.25) is 9.59 Å². The van der Waals surface area contributed by atoms with Crippen molar-refractivity contribution in [2.24, 2.45) is 0 Å². The summed E-state index contributed by atoms with van der Waals surface area (Å²) in [7, 11) is 0. The van der Waals surface area contributed by atoms with E-state index in [-0.39, 0.29) is 5.56 Å². The largest absolute Gasteiger partial charge is 0.545 e. The molecule has 2 rings (SSSR count). The summed E-state index contributed by atoms with van der Waals surface area (Å²) in [5, 5.41) is 10.5. The normalized spacial score (nSPS) is 15.1. The summed E-state index contributed by atoms with van der Waals surface area (Å²) in [4.78, 5) is 34.7. The van der Waals surface area contributed by atoms with Crippen molar-refractivity contribution in [3.05, 3.63) is 41.5 Å². The highest BCUT2D eigenvalue weighted by Gasteiger charge is 2.29.